The number of esters is 1. The summed E-state index contributed by atoms with van der Waals surface area (Å²) in [7, 11) is 1.78. The number of carbonyl (C=O) groups is 1. The van der Waals surface area contributed by atoms with Gasteiger partial charge in [-0.3, -0.25) is 9.48 Å². The van der Waals surface area contributed by atoms with E-state index in [9.17, 15) is 4.79 Å². The number of carbonyl (C=O) groups excluding carboxylic acids is 1. The lowest BCUT2D eigenvalue weighted by atomic mass is 9.98. The van der Waals surface area contributed by atoms with Crippen molar-refractivity contribution in [1.29, 1.82) is 0 Å². The van der Waals surface area contributed by atoms with Crippen LogP contribution < -0.4 is 0 Å². The van der Waals surface area contributed by atoms with Crippen LogP contribution in [0, 0.1) is 0 Å². The van der Waals surface area contributed by atoms with Gasteiger partial charge in [0.25, 0.3) is 0 Å². The molecule has 112 valence electrons. The van der Waals surface area contributed by atoms with Gasteiger partial charge in [-0.05, 0) is 24.6 Å². The molecule has 1 aromatic carbocycles. The molecule has 0 aliphatic rings. The van der Waals surface area contributed by atoms with Gasteiger partial charge >= 0.3 is 5.97 Å². The molecule has 2 rings (SSSR count). The standard InChI is InChI=1S/C15H18ClN3O2/c1-4-12-17-14(19(3)18-12)13(15(20)21-5-2)10-7-6-8-11(16)9-10/h6-9,13H,4-5H2,1-3H3. The second kappa shape index (κ2) is 6.72. The van der Waals surface area contributed by atoms with Crippen molar-refractivity contribution in [3.63, 3.8) is 0 Å². The molecular formula is C15H18ClN3O2. The molecule has 2 aromatic rings. The first-order chi connectivity index (χ1) is 10.1. The highest BCUT2D eigenvalue weighted by molar-refractivity contribution is 6.30. The maximum Gasteiger partial charge on any atom is 0.321 e. The number of hydrogen-bond donors (Lipinski definition) is 0. The normalized spacial score (nSPS) is 12.2. The van der Waals surface area contributed by atoms with Crippen LogP contribution in [-0.4, -0.2) is 27.3 Å². The van der Waals surface area contributed by atoms with Crippen molar-refractivity contribution in [1.82, 2.24) is 14.8 Å². The molecule has 0 fully saturated rings. The van der Waals surface area contributed by atoms with E-state index in [1.807, 2.05) is 13.0 Å². The van der Waals surface area contributed by atoms with Crippen LogP contribution in [0.2, 0.25) is 5.02 Å². The highest BCUT2D eigenvalue weighted by atomic mass is 35.5. The van der Waals surface area contributed by atoms with E-state index in [-0.39, 0.29) is 5.97 Å². The Kier molecular flexibility index (Phi) is 4.96. The number of nitrogens with zero attached hydrogens (tertiary/aromatic N) is 3. The SMILES string of the molecule is CCOC(=O)C(c1cccc(Cl)c1)c1nc(CC)nn1C. The van der Waals surface area contributed by atoms with Gasteiger partial charge in [-0.2, -0.15) is 5.10 Å². The van der Waals surface area contributed by atoms with Gasteiger partial charge in [0.1, 0.15) is 11.7 Å². The topological polar surface area (TPSA) is 57.0 Å². The van der Waals surface area contributed by atoms with E-state index in [2.05, 4.69) is 10.1 Å². The van der Waals surface area contributed by atoms with Gasteiger partial charge in [-0.25, -0.2) is 4.98 Å². The summed E-state index contributed by atoms with van der Waals surface area (Å²) in [6.45, 7) is 4.06. The molecule has 1 unspecified atom stereocenters. The van der Waals surface area contributed by atoms with Crippen molar-refractivity contribution >= 4 is 17.6 Å². The Morgan fingerprint density at radius 3 is 2.76 bits per heavy atom. The molecule has 0 aliphatic carbocycles. The Morgan fingerprint density at radius 1 is 1.43 bits per heavy atom. The maximum atomic E-state index is 12.4. The Hall–Kier alpha value is -1.88. The minimum Gasteiger partial charge on any atom is -0.465 e. The molecule has 6 heteroatoms. The molecule has 0 N–H and O–H groups in total. The highest BCUT2D eigenvalue weighted by Crippen LogP contribution is 2.26. The Morgan fingerprint density at radius 2 is 2.19 bits per heavy atom. The van der Waals surface area contributed by atoms with Gasteiger partial charge in [0, 0.05) is 18.5 Å². The van der Waals surface area contributed by atoms with Gasteiger partial charge in [0.15, 0.2) is 5.82 Å². The first kappa shape index (κ1) is 15.5. The predicted molar refractivity (Wildman–Crippen MR) is 80.3 cm³/mol. The van der Waals surface area contributed by atoms with Gasteiger partial charge in [-0.1, -0.05) is 30.7 Å². The zero-order chi connectivity index (χ0) is 15.4. The minimum absolute atomic E-state index is 0.314. The van der Waals surface area contributed by atoms with E-state index < -0.39 is 5.92 Å². The summed E-state index contributed by atoms with van der Waals surface area (Å²) in [5, 5.41) is 4.87. The zero-order valence-corrected chi connectivity index (χ0v) is 13.1. The molecule has 0 aliphatic heterocycles. The second-order valence-electron chi connectivity index (χ2n) is 4.60. The van der Waals surface area contributed by atoms with Crippen molar-refractivity contribution in [2.24, 2.45) is 7.05 Å². The number of aromatic nitrogens is 3. The molecule has 1 aromatic heterocycles. The zero-order valence-electron chi connectivity index (χ0n) is 12.3. The first-order valence-corrected chi connectivity index (χ1v) is 7.26. The number of benzene rings is 1. The Balaban J connectivity index is 2.50. The minimum atomic E-state index is -0.624. The predicted octanol–water partition coefficient (Wildman–Crippen LogP) is 2.73. The Bertz CT molecular complexity index is 640. The molecule has 0 saturated carbocycles. The largest absolute Gasteiger partial charge is 0.465 e. The molecular weight excluding hydrogens is 290 g/mol. The lowest BCUT2D eigenvalue weighted by Crippen LogP contribution is -2.21. The third-order valence-electron chi connectivity index (χ3n) is 3.12. The summed E-state index contributed by atoms with van der Waals surface area (Å²) in [4.78, 5) is 16.8. The van der Waals surface area contributed by atoms with Crippen LogP contribution in [0.25, 0.3) is 0 Å². The van der Waals surface area contributed by atoms with Crippen molar-refractivity contribution in [3.05, 3.63) is 46.5 Å². The molecule has 21 heavy (non-hydrogen) atoms. The maximum absolute atomic E-state index is 12.4. The quantitative estimate of drug-likeness (QED) is 0.797. The van der Waals surface area contributed by atoms with Crippen LogP contribution in [0.1, 0.15) is 37.0 Å². The third kappa shape index (κ3) is 3.42. The molecule has 0 spiro atoms. The number of rotatable bonds is 5. The summed E-state index contributed by atoms with van der Waals surface area (Å²) >= 11 is 6.04. The second-order valence-corrected chi connectivity index (χ2v) is 5.04. The molecule has 0 radical (unpaired) electrons. The highest BCUT2D eigenvalue weighted by Gasteiger charge is 2.29. The van der Waals surface area contributed by atoms with Crippen LogP contribution in [0.15, 0.2) is 24.3 Å². The fourth-order valence-corrected chi connectivity index (χ4v) is 2.35. The lowest BCUT2D eigenvalue weighted by Gasteiger charge is -2.15. The molecule has 5 nitrogen and oxygen atoms in total. The summed E-state index contributed by atoms with van der Waals surface area (Å²) in [6, 6.07) is 7.17. The average molecular weight is 308 g/mol. The van der Waals surface area contributed by atoms with Crippen molar-refractivity contribution < 1.29 is 9.53 Å². The monoisotopic (exact) mass is 307 g/mol. The van der Waals surface area contributed by atoms with Crippen LogP contribution in [-0.2, 0) is 23.0 Å². The van der Waals surface area contributed by atoms with Crippen molar-refractivity contribution in [3.8, 4) is 0 Å². The van der Waals surface area contributed by atoms with Gasteiger partial charge in [-0.15, -0.1) is 0 Å². The van der Waals surface area contributed by atoms with Crippen LogP contribution in [0.4, 0.5) is 0 Å². The Labute approximate surface area is 128 Å². The molecule has 0 saturated heterocycles. The number of halogens is 1. The molecule has 0 amide bonds. The van der Waals surface area contributed by atoms with E-state index in [1.165, 1.54) is 0 Å². The summed E-state index contributed by atoms with van der Waals surface area (Å²) in [5.74, 6) is 0.288. The van der Waals surface area contributed by atoms with Crippen LogP contribution in [0.5, 0.6) is 0 Å². The van der Waals surface area contributed by atoms with Crippen LogP contribution >= 0.6 is 11.6 Å². The number of hydrogen-bond acceptors (Lipinski definition) is 4. The van der Waals surface area contributed by atoms with Crippen LogP contribution in [0.3, 0.4) is 0 Å². The van der Waals surface area contributed by atoms with E-state index in [1.54, 1.807) is 36.9 Å². The molecule has 0 bridgehead atoms. The van der Waals surface area contributed by atoms with Gasteiger partial charge in [0.05, 0.1) is 6.61 Å². The number of aryl methyl sites for hydroxylation is 2. The lowest BCUT2D eigenvalue weighted by molar-refractivity contribution is -0.144. The fourth-order valence-electron chi connectivity index (χ4n) is 2.15. The summed E-state index contributed by atoms with van der Waals surface area (Å²) in [5.41, 5.74) is 0.749. The smallest absolute Gasteiger partial charge is 0.321 e. The first-order valence-electron chi connectivity index (χ1n) is 6.88. The third-order valence-corrected chi connectivity index (χ3v) is 3.35. The van der Waals surface area contributed by atoms with E-state index in [0.29, 0.717) is 29.7 Å². The summed E-state index contributed by atoms with van der Waals surface area (Å²) < 4.78 is 6.81. The van der Waals surface area contributed by atoms with Gasteiger partial charge in [0.2, 0.25) is 0 Å². The van der Waals surface area contributed by atoms with Crippen molar-refractivity contribution in [2.45, 2.75) is 26.2 Å². The van der Waals surface area contributed by atoms with Gasteiger partial charge < -0.3 is 4.74 Å². The van der Waals surface area contributed by atoms with E-state index >= 15 is 0 Å². The van der Waals surface area contributed by atoms with E-state index in [0.717, 1.165) is 5.56 Å². The molecule has 1 heterocycles. The number of ether oxygens (including phenoxy) is 1. The molecule has 1 atom stereocenters. The van der Waals surface area contributed by atoms with E-state index in [4.69, 9.17) is 16.3 Å². The van der Waals surface area contributed by atoms with Crippen molar-refractivity contribution in [2.75, 3.05) is 6.61 Å². The summed E-state index contributed by atoms with van der Waals surface area (Å²) in [6.07, 6.45) is 0.707. The average Bonchev–Trinajstić information content (AvgIpc) is 2.81. The fraction of sp³-hybridized carbons (Fsp3) is 0.400.